The molecule has 0 aromatic rings. The van der Waals surface area contributed by atoms with Crippen LogP contribution < -0.4 is 5.32 Å². The van der Waals surface area contributed by atoms with Gasteiger partial charge in [0, 0.05) is 25.7 Å². The normalized spacial score (nSPS) is 27.3. The number of hydrogen-bond donors (Lipinski definition) is 1. The lowest BCUT2D eigenvalue weighted by molar-refractivity contribution is 0.310. The maximum absolute atomic E-state index is 11.4. The molecule has 0 saturated carbocycles. The number of rotatable bonds is 2. The largest absolute Gasteiger partial charge is 0.312 e. The first-order chi connectivity index (χ1) is 5.56. The SMILES string of the molecule is CCS(=O)(=O)N1CCN[C@H](C)C1. The summed E-state index contributed by atoms with van der Waals surface area (Å²) in [6, 6.07) is 0.278. The lowest BCUT2D eigenvalue weighted by atomic mass is 10.3. The topological polar surface area (TPSA) is 49.4 Å². The minimum Gasteiger partial charge on any atom is -0.312 e. The molecule has 1 aliphatic heterocycles. The van der Waals surface area contributed by atoms with Crippen LogP contribution >= 0.6 is 0 Å². The molecule has 5 heteroatoms. The van der Waals surface area contributed by atoms with Crippen LogP contribution in [-0.4, -0.2) is 44.2 Å². The van der Waals surface area contributed by atoms with Crippen LogP contribution in [0.3, 0.4) is 0 Å². The fraction of sp³-hybridized carbons (Fsp3) is 1.00. The molecular weight excluding hydrogens is 176 g/mol. The third kappa shape index (κ3) is 2.18. The van der Waals surface area contributed by atoms with Gasteiger partial charge in [-0.2, -0.15) is 4.31 Å². The van der Waals surface area contributed by atoms with Crippen molar-refractivity contribution in [3.63, 3.8) is 0 Å². The fourth-order valence-corrected chi connectivity index (χ4v) is 2.52. The zero-order valence-electron chi connectivity index (χ0n) is 7.58. The summed E-state index contributed by atoms with van der Waals surface area (Å²) in [6.07, 6.45) is 0. The highest BCUT2D eigenvalue weighted by molar-refractivity contribution is 7.89. The van der Waals surface area contributed by atoms with Crippen LogP contribution in [0.2, 0.25) is 0 Å². The molecule has 0 aromatic heterocycles. The van der Waals surface area contributed by atoms with Gasteiger partial charge in [-0.25, -0.2) is 8.42 Å². The second-order valence-corrected chi connectivity index (χ2v) is 5.37. The number of sulfonamides is 1. The Balaban J connectivity index is 2.63. The molecule has 1 saturated heterocycles. The predicted octanol–water partition coefficient (Wildman–Crippen LogP) is -0.370. The van der Waals surface area contributed by atoms with E-state index in [9.17, 15) is 8.42 Å². The molecule has 0 unspecified atom stereocenters. The second kappa shape index (κ2) is 3.72. The summed E-state index contributed by atoms with van der Waals surface area (Å²) in [4.78, 5) is 0. The van der Waals surface area contributed by atoms with E-state index in [0.717, 1.165) is 6.54 Å². The molecule has 1 aliphatic rings. The third-order valence-electron chi connectivity index (χ3n) is 2.09. The first-order valence-corrected chi connectivity index (χ1v) is 5.88. The van der Waals surface area contributed by atoms with Crippen molar-refractivity contribution in [1.82, 2.24) is 9.62 Å². The molecule has 1 atom stereocenters. The summed E-state index contributed by atoms with van der Waals surface area (Å²) in [5.41, 5.74) is 0. The summed E-state index contributed by atoms with van der Waals surface area (Å²) in [7, 11) is -2.96. The second-order valence-electron chi connectivity index (χ2n) is 3.11. The minimum atomic E-state index is -2.96. The van der Waals surface area contributed by atoms with E-state index in [-0.39, 0.29) is 11.8 Å². The van der Waals surface area contributed by atoms with Gasteiger partial charge < -0.3 is 5.32 Å². The van der Waals surface area contributed by atoms with E-state index >= 15 is 0 Å². The van der Waals surface area contributed by atoms with Crippen molar-refractivity contribution in [2.75, 3.05) is 25.4 Å². The van der Waals surface area contributed by atoms with E-state index in [1.807, 2.05) is 6.92 Å². The third-order valence-corrected chi connectivity index (χ3v) is 3.94. The number of hydrogen-bond acceptors (Lipinski definition) is 3. The smallest absolute Gasteiger partial charge is 0.213 e. The predicted molar refractivity (Wildman–Crippen MR) is 48.5 cm³/mol. The zero-order chi connectivity index (χ0) is 9.19. The lowest BCUT2D eigenvalue weighted by Gasteiger charge is -2.30. The van der Waals surface area contributed by atoms with E-state index in [0.29, 0.717) is 13.1 Å². The van der Waals surface area contributed by atoms with Crippen molar-refractivity contribution in [2.24, 2.45) is 0 Å². The molecule has 1 rings (SSSR count). The van der Waals surface area contributed by atoms with Gasteiger partial charge in [0.2, 0.25) is 10.0 Å². The Morgan fingerprint density at radius 2 is 2.25 bits per heavy atom. The van der Waals surface area contributed by atoms with Gasteiger partial charge in [-0.3, -0.25) is 0 Å². The molecular formula is C7H16N2O2S. The molecule has 0 spiro atoms. The highest BCUT2D eigenvalue weighted by Gasteiger charge is 2.24. The molecule has 0 amide bonds. The van der Waals surface area contributed by atoms with Crippen LogP contribution in [0.4, 0.5) is 0 Å². The highest BCUT2D eigenvalue weighted by atomic mass is 32.2. The first kappa shape index (κ1) is 9.95. The highest BCUT2D eigenvalue weighted by Crippen LogP contribution is 2.05. The average Bonchev–Trinajstić information content (AvgIpc) is 2.05. The van der Waals surface area contributed by atoms with Crippen LogP contribution in [0.5, 0.6) is 0 Å². The molecule has 0 bridgehead atoms. The van der Waals surface area contributed by atoms with Crippen LogP contribution in [0, 0.1) is 0 Å². The Labute approximate surface area is 74.0 Å². The maximum atomic E-state index is 11.4. The molecule has 1 heterocycles. The number of piperazine rings is 1. The quantitative estimate of drug-likeness (QED) is 0.649. The van der Waals surface area contributed by atoms with E-state index in [1.54, 1.807) is 11.2 Å². The van der Waals surface area contributed by atoms with Gasteiger partial charge in [0.1, 0.15) is 0 Å². The molecule has 72 valence electrons. The van der Waals surface area contributed by atoms with Crippen LogP contribution in [0.15, 0.2) is 0 Å². The minimum absolute atomic E-state index is 0.208. The molecule has 0 aromatic carbocycles. The van der Waals surface area contributed by atoms with Gasteiger partial charge in [-0.05, 0) is 13.8 Å². The summed E-state index contributed by atoms with van der Waals surface area (Å²) in [5.74, 6) is 0.208. The van der Waals surface area contributed by atoms with Crippen LogP contribution in [-0.2, 0) is 10.0 Å². The van der Waals surface area contributed by atoms with Crippen molar-refractivity contribution in [2.45, 2.75) is 19.9 Å². The Bertz CT molecular complexity index is 238. The molecule has 0 radical (unpaired) electrons. The van der Waals surface area contributed by atoms with E-state index in [1.165, 1.54) is 0 Å². The Kier molecular flexibility index (Phi) is 3.09. The van der Waals surface area contributed by atoms with Gasteiger partial charge in [0.25, 0.3) is 0 Å². The Hall–Kier alpha value is -0.130. The van der Waals surface area contributed by atoms with Gasteiger partial charge in [0.15, 0.2) is 0 Å². The van der Waals surface area contributed by atoms with Crippen LogP contribution in [0.25, 0.3) is 0 Å². The van der Waals surface area contributed by atoms with Crippen LogP contribution in [0.1, 0.15) is 13.8 Å². The monoisotopic (exact) mass is 192 g/mol. The van der Waals surface area contributed by atoms with Crippen molar-refractivity contribution < 1.29 is 8.42 Å². The summed E-state index contributed by atoms with van der Waals surface area (Å²) in [5, 5.41) is 3.20. The first-order valence-electron chi connectivity index (χ1n) is 4.27. The van der Waals surface area contributed by atoms with Gasteiger partial charge in [0.05, 0.1) is 5.75 Å². The lowest BCUT2D eigenvalue weighted by Crippen LogP contribution is -2.51. The Morgan fingerprint density at radius 1 is 1.58 bits per heavy atom. The summed E-state index contributed by atoms with van der Waals surface area (Å²) in [6.45, 7) is 5.66. The standard InChI is InChI=1S/C7H16N2O2S/c1-3-12(10,11)9-5-4-8-7(2)6-9/h7-8H,3-6H2,1-2H3/t7-/m1/s1. The number of nitrogens with one attached hydrogen (secondary N) is 1. The average molecular weight is 192 g/mol. The summed E-state index contributed by atoms with van der Waals surface area (Å²) >= 11 is 0. The Morgan fingerprint density at radius 3 is 2.75 bits per heavy atom. The maximum Gasteiger partial charge on any atom is 0.213 e. The molecule has 0 aliphatic carbocycles. The summed E-state index contributed by atoms with van der Waals surface area (Å²) < 4.78 is 24.4. The molecule has 1 fully saturated rings. The van der Waals surface area contributed by atoms with Gasteiger partial charge >= 0.3 is 0 Å². The van der Waals surface area contributed by atoms with Gasteiger partial charge in [-0.1, -0.05) is 0 Å². The molecule has 1 N–H and O–H groups in total. The van der Waals surface area contributed by atoms with Crippen molar-refractivity contribution >= 4 is 10.0 Å². The molecule has 12 heavy (non-hydrogen) atoms. The van der Waals surface area contributed by atoms with E-state index in [2.05, 4.69) is 5.32 Å². The van der Waals surface area contributed by atoms with Crippen molar-refractivity contribution in [3.05, 3.63) is 0 Å². The number of nitrogens with zero attached hydrogens (tertiary/aromatic N) is 1. The fourth-order valence-electron chi connectivity index (χ4n) is 1.33. The van der Waals surface area contributed by atoms with Crippen molar-refractivity contribution in [1.29, 1.82) is 0 Å². The zero-order valence-corrected chi connectivity index (χ0v) is 8.39. The molecule has 4 nitrogen and oxygen atoms in total. The van der Waals surface area contributed by atoms with E-state index < -0.39 is 10.0 Å². The van der Waals surface area contributed by atoms with Crippen molar-refractivity contribution in [3.8, 4) is 0 Å². The van der Waals surface area contributed by atoms with Gasteiger partial charge in [-0.15, -0.1) is 0 Å². The van der Waals surface area contributed by atoms with E-state index in [4.69, 9.17) is 0 Å².